The smallest absolute Gasteiger partial charge is 0.271 e. The third kappa shape index (κ3) is 3.24. The molecule has 1 atom stereocenters. The maximum atomic E-state index is 11.0. The highest BCUT2D eigenvalue weighted by molar-refractivity contribution is 6.30. The molecule has 0 radical (unpaired) electrons. The first-order valence-electron chi connectivity index (χ1n) is 7.17. The van der Waals surface area contributed by atoms with Crippen LogP contribution in [0.15, 0.2) is 42.5 Å². The van der Waals surface area contributed by atoms with Crippen molar-refractivity contribution in [3.05, 3.63) is 57.6 Å². The van der Waals surface area contributed by atoms with Crippen molar-refractivity contribution in [3.63, 3.8) is 0 Å². The van der Waals surface area contributed by atoms with Gasteiger partial charge in [0.1, 0.15) is 5.52 Å². The number of carboxylic acid groups (broad SMARTS) is 1. The van der Waals surface area contributed by atoms with E-state index in [4.69, 9.17) is 16.4 Å². The van der Waals surface area contributed by atoms with Crippen LogP contribution in [0.25, 0.3) is 22.4 Å². The molecule has 128 valence electrons. The van der Waals surface area contributed by atoms with Gasteiger partial charge in [0.2, 0.25) is 0 Å². The minimum absolute atomic E-state index is 0.166. The van der Waals surface area contributed by atoms with E-state index in [1.165, 1.54) is 25.1 Å². The van der Waals surface area contributed by atoms with Gasteiger partial charge in [0.05, 0.1) is 16.4 Å². The van der Waals surface area contributed by atoms with Gasteiger partial charge in [0, 0.05) is 22.7 Å². The zero-order valence-electron chi connectivity index (χ0n) is 12.9. The molecule has 0 spiro atoms. The van der Waals surface area contributed by atoms with Crippen molar-refractivity contribution in [2.75, 3.05) is 0 Å². The molecule has 0 fully saturated rings. The summed E-state index contributed by atoms with van der Waals surface area (Å²) >= 11 is 5.88. The summed E-state index contributed by atoms with van der Waals surface area (Å²) in [6, 6.07) is 10.7. The lowest BCUT2D eigenvalue weighted by molar-refractivity contribution is -0.384. The standard InChI is InChI=1S/C16H12ClN3O5/c1-9(16(21)22)25-19-14-8-12(20(23)24)6-7-13(14)18-15(19)10-2-4-11(17)5-3-10/h2-9H,1H3,(H,21,22)/p-1/t9-/m1/s1. The van der Waals surface area contributed by atoms with Crippen molar-refractivity contribution in [2.24, 2.45) is 0 Å². The third-order valence-corrected chi connectivity index (χ3v) is 3.76. The van der Waals surface area contributed by atoms with E-state index in [-0.39, 0.29) is 11.2 Å². The van der Waals surface area contributed by atoms with Gasteiger partial charge in [0.15, 0.2) is 11.9 Å². The maximum absolute atomic E-state index is 11.0. The fourth-order valence-corrected chi connectivity index (χ4v) is 2.37. The minimum Gasteiger partial charge on any atom is -0.546 e. The van der Waals surface area contributed by atoms with Crippen LogP contribution in [-0.4, -0.2) is 26.7 Å². The number of nitrogens with zero attached hydrogens (tertiary/aromatic N) is 3. The van der Waals surface area contributed by atoms with Crippen LogP contribution in [0.5, 0.6) is 0 Å². The van der Waals surface area contributed by atoms with Crippen molar-refractivity contribution in [3.8, 4) is 11.4 Å². The van der Waals surface area contributed by atoms with Gasteiger partial charge in [-0.3, -0.25) is 10.1 Å². The van der Waals surface area contributed by atoms with E-state index in [0.29, 0.717) is 21.9 Å². The Balaban J connectivity index is 2.22. The SMILES string of the molecule is C[C@@H](On1c(-c2ccc(Cl)cc2)nc2ccc([N+](=O)[O-])cc21)C(=O)[O-]. The van der Waals surface area contributed by atoms with Crippen LogP contribution in [0.2, 0.25) is 5.02 Å². The molecular formula is C16H11ClN3O5-. The van der Waals surface area contributed by atoms with Crippen LogP contribution in [0.1, 0.15) is 6.92 Å². The summed E-state index contributed by atoms with van der Waals surface area (Å²) in [7, 11) is 0. The normalized spacial score (nSPS) is 12.1. The Hall–Kier alpha value is -3.13. The molecule has 0 saturated heterocycles. The van der Waals surface area contributed by atoms with Crippen LogP contribution in [0.3, 0.4) is 0 Å². The zero-order valence-corrected chi connectivity index (χ0v) is 13.6. The van der Waals surface area contributed by atoms with Crippen molar-refractivity contribution < 1.29 is 19.7 Å². The lowest BCUT2D eigenvalue weighted by Gasteiger charge is -2.18. The number of benzene rings is 2. The summed E-state index contributed by atoms with van der Waals surface area (Å²) in [5.74, 6) is -1.13. The average molecular weight is 361 g/mol. The molecule has 0 amide bonds. The Morgan fingerprint density at radius 1 is 1.28 bits per heavy atom. The predicted molar refractivity (Wildman–Crippen MR) is 87.9 cm³/mol. The molecule has 0 saturated carbocycles. The molecule has 0 aliphatic heterocycles. The first-order valence-corrected chi connectivity index (χ1v) is 7.55. The summed E-state index contributed by atoms with van der Waals surface area (Å²) < 4.78 is 1.16. The van der Waals surface area contributed by atoms with Gasteiger partial charge in [0.25, 0.3) is 5.69 Å². The molecule has 0 aliphatic carbocycles. The van der Waals surface area contributed by atoms with Crippen molar-refractivity contribution in [2.45, 2.75) is 13.0 Å². The Kier molecular flexibility index (Phi) is 4.28. The van der Waals surface area contributed by atoms with E-state index < -0.39 is 17.0 Å². The number of hydrogen-bond donors (Lipinski definition) is 0. The van der Waals surface area contributed by atoms with Gasteiger partial charge in [-0.1, -0.05) is 11.6 Å². The number of fused-ring (bicyclic) bond motifs is 1. The second-order valence-electron chi connectivity index (χ2n) is 5.23. The third-order valence-electron chi connectivity index (χ3n) is 3.51. The fourth-order valence-electron chi connectivity index (χ4n) is 2.24. The maximum Gasteiger partial charge on any atom is 0.271 e. The molecule has 25 heavy (non-hydrogen) atoms. The lowest BCUT2D eigenvalue weighted by atomic mass is 10.2. The van der Waals surface area contributed by atoms with Crippen molar-refractivity contribution in [1.29, 1.82) is 0 Å². The van der Waals surface area contributed by atoms with Crippen molar-refractivity contribution in [1.82, 2.24) is 9.71 Å². The zero-order chi connectivity index (χ0) is 18.1. The lowest BCUT2D eigenvalue weighted by Crippen LogP contribution is -2.40. The highest BCUT2D eigenvalue weighted by atomic mass is 35.5. The number of carbonyl (C=O) groups excluding carboxylic acids is 1. The second-order valence-corrected chi connectivity index (χ2v) is 5.67. The summed E-state index contributed by atoms with van der Waals surface area (Å²) in [6.07, 6.45) is -1.29. The molecule has 0 unspecified atom stereocenters. The Labute approximate surface area is 146 Å². The van der Waals surface area contributed by atoms with Gasteiger partial charge in [-0.2, -0.15) is 4.73 Å². The number of carbonyl (C=O) groups is 1. The van der Waals surface area contributed by atoms with E-state index >= 15 is 0 Å². The van der Waals surface area contributed by atoms with E-state index in [9.17, 15) is 20.0 Å². The molecule has 3 aromatic rings. The summed E-state index contributed by atoms with van der Waals surface area (Å²) in [6.45, 7) is 1.30. The Bertz CT molecular complexity index is 968. The summed E-state index contributed by atoms with van der Waals surface area (Å²) in [5.41, 5.74) is 1.13. The number of aromatic nitrogens is 2. The number of imidazole rings is 1. The van der Waals surface area contributed by atoms with Crippen LogP contribution >= 0.6 is 11.6 Å². The van der Waals surface area contributed by atoms with E-state index in [0.717, 1.165) is 4.73 Å². The molecule has 0 aliphatic rings. The predicted octanol–water partition coefficient (Wildman–Crippen LogP) is 1.83. The molecule has 2 aromatic carbocycles. The number of nitro groups is 1. The first-order chi connectivity index (χ1) is 11.9. The van der Waals surface area contributed by atoms with Crippen LogP contribution < -0.4 is 9.94 Å². The topological polar surface area (TPSA) is 110 Å². The van der Waals surface area contributed by atoms with E-state index in [2.05, 4.69) is 4.98 Å². The number of aliphatic carboxylic acids is 1. The largest absolute Gasteiger partial charge is 0.546 e. The van der Waals surface area contributed by atoms with Gasteiger partial charge < -0.3 is 14.7 Å². The Morgan fingerprint density at radius 2 is 1.96 bits per heavy atom. The van der Waals surface area contributed by atoms with E-state index in [1.807, 2.05) is 0 Å². The van der Waals surface area contributed by atoms with Gasteiger partial charge in [-0.15, -0.1) is 0 Å². The molecule has 1 heterocycles. The first kappa shape index (κ1) is 16.7. The molecule has 8 nitrogen and oxygen atoms in total. The number of nitro benzene ring substituents is 1. The monoisotopic (exact) mass is 360 g/mol. The molecule has 0 N–H and O–H groups in total. The number of rotatable bonds is 5. The molecule has 1 aromatic heterocycles. The summed E-state index contributed by atoms with van der Waals surface area (Å²) in [5, 5.41) is 22.6. The van der Waals surface area contributed by atoms with Gasteiger partial charge >= 0.3 is 0 Å². The molecule has 9 heteroatoms. The fraction of sp³-hybridized carbons (Fsp3) is 0.125. The quantitative estimate of drug-likeness (QED) is 0.507. The number of non-ortho nitro benzene ring substituents is 1. The average Bonchev–Trinajstić information content (AvgIpc) is 2.93. The van der Waals surface area contributed by atoms with E-state index in [1.54, 1.807) is 24.3 Å². The van der Waals surface area contributed by atoms with Gasteiger partial charge in [-0.25, -0.2) is 4.98 Å². The second kappa shape index (κ2) is 6.40. The minimum atomic E-state index is -1.42. The number of carboxylic acids is 1. The van der Waals surface area contributed by atoms with Crippen LogP contribution in [-0.2, 0) is 4.79 Å². The summed E-state index contributed by atoms with van der Waals surface area (Å²) in [4.78, 5) is 31.3. The van der Waals surface area contributed by atoms with Crippen LogP contribution in [0, 0.1) is 10.1 Å². The highest BCUT2D eigenvalue weighted by Crippen LogP contribution is 2.27. The molecule has 0 bridgehead atoms. The molecular weight excluding hydrogens is 350 g/mol. The highest BCUT2D eigenvalue weighted by Gasteiger charge is 2.19. The molecule has 3 rings (SSSR count). The number of hydrogen-bond acceptors (Lipinski definition) is 6. The van der Waals surface area contributed by atoms with Gasteiger partial charge in [-0.05, 0) is 37.3 Å². The van der Waals surface area contributed by atoms with Crippen LogP contribution in [0.4, 0.5) is 5.69 Å². The number of halogens is 1. The Morgan fingerprint density at radius 3 is 2.56 bits per heavy atom. The van der Waals surface area contributed by atoms with Crippen molar-refractivity contribution >= 4 is 34.3 Å².